The summed E-state index contributed by atoms with van der Waals surface area (Å²) in [6, 6.07) is 30.9. The van der Waals surface area contributed by atoms with Crippen molar-refractivity contribution in [3.63, 3.8) is 0 Å². The van der Waals surface area contributed by atoms with Crippen molar-refractivity contribution in [1.82, 2.24) is 0 Å². The summed E-state index contributed by atoms with van der Waals surface area (Å²) in [5.74, 6) is 0.230. The van der Waals surface area contributed by atoms with Gasteiger partial charge < -0.3 is 9.84 Å². The Balaban J connectivity index is 0.000000512. The van der Waals surface area contributed by atoms with Gasteiger partial charge in [0, 0.05) is 5.56 Å². The van der Waals surface area contributed by atoms with Crippen molar-refractivity contribution in [2.75, 3.05) is 0 Å². The maximum atomic E-state index is 10.3. The molecule has 44 heavy (non-hydrogen) atoms. The van der Waals surface area contributed by atoms with E-state index in [0.717, 1.165) is 57.1 Å². The fourth-order valence-electron chi connectivity index (χ4n) is 5.94. The molecule has 0 aliphatic heterocycles. The number of aryl methyl sites for hydroxylation is 4. The third-order valence-corrected chi connectivity index (χ3v) is 8.27. The number of aliphatic carboxylic acids is 1. The second-order valence-corrected chi connectivity index (χ2v) is 11.8. The smallest absolute Gasteiger partial charge is 0.306 e. The third-order valence-electron chi connectivity index (χ3n) is 8.27. The van der Waals surface area contributed by atoms with E-state index >= 15 is 0 Å². The molecule has 0 aromatic heterocycles. The van der Waals surface area contributed by atoms with Crippen LogP contribution in [0.1, 0.15) is 92.3 Å². The van der Waals surface area contributed by atoms with E-state index in [-0.39, 0.29) is 5.92 Å². The number of carbonyl (C=O) groups is 1. The average molecular weight is 593 g/mol. The maximum Gasteiger partial charge on any atom is 0.306 e. The van der Waals surface area contributed by atoms with Crippen LogP contribution in [-0.4, -0.2) is 11.1 Å². The molecule has 0 aliphatic rings. The van der Waals surface area contributed by atoms with Crippen molar-refractivity contribution in [2.45, 2.75) is 99.5 Å². The van der Waals surface area contributed by atoms with Gasteiger partial charge in [-0.05, 0) is 91.8 Å². The monoisotopic (exact) mass is 592 g/mol. The second kappa shape index (κ2) is 18.1. The van der Waals surface area contributed by atoms with E-state index in [2.05, 4.69) is 113 Å². The van der Waals surface area contributed by atoms with Crippen molar-refractivity contribution < 1.29 is 14.6 Å². The summed E-state index contributed by atoms with van der Waals surface area (Å²) in [5, 5.41) is 8.50. The van der Waals surface area contributed by atoms with Crippen molar-refractivity contribution in [3.8, 4) is 16.9 Å². The summed E-state index contributed by atoms with van der Waals surface area (Å²) in [7, 11) is 0. The largest absolute Gasteiger partial charge is 0.489 e. The first-order chi connectivity index (χ1) is 21.3. The normalized spacial score (nSPS) is 11.4. The summed E-state index contributed by atoms with van der Waals surface area (Å²) in [4.78, 5) is 10.3. The molecular weight excluding hydrogens is 540 g/mol. The number of benzene rings is 4. The van der Waals surface area contributed by atoms with E-state index in [4.69, 9.17) is 9.84 Å². The third kappa shape index (κ3) is 10.1. The van der Waals surface area contributed by atoms with Gasteiger partial charge in [0.05, 0.1) is 5.92 Å². The molecule has 3 nitrogen and oxygen atoms in total. The molecular formula is C41H52O3. The fourth-order valence-corrected chi connectivity index (χ4v) is 5.94. The molecule has 4 aromatic rings. The molecule has 1 unspecified atom stereocenters. The van der Waals surface area contributed by atoms with Crippen molar-refractivity contribution >= 4 is 5.97 Å². The molecule has 4 aromatic carbocycles. The fraction of sp³-hybridized carbons (Fsp3) is 0.390. The van der Waals surface area contributed by atoms with Crippen LogP contribution in [-0.2, 0) is 37.1 Å². The van der Waals surface area contributed by atoms with Crippen LogP contribution in [0.3, 0.4) is 0 Å². The van der Waals surface area contributed by atoms with Gasteiger partial charge in [0.15, 0.2) is 0 Å². The summed E-state index contributed by atoms with van der Waals surface area (Å²) < 4.78 is 6.38. The lowest BCUT2D eigenvalue weighted by atomic mass is 9.87. The van der Waals surface area contributed by atoms with Crippen LogP contribution in [0.4, 0.5) is 0 Å². The zero-order chi connectivity index (χ0) is 31.9. The highest BCUT2D eigenvalue weighted by molar-refractivity contribution is 5.74. The van der Waals surface area contributed by atoms with E-state index < -0.39 is 5.97 Å². The minimum absolute atomic E-state index is 0.116. The van der Waals surface area contributed by atoms with E-state index in [0.29, 0.717) is 6.61 Å². The quantitative estimate of drug-likeness (QED) is 0.158. The summed E-state index contributed by atoms with van der Waals surface area (Å²) in [5.41, 5.74) is 12.2. The standard InChI is InChI=1S/C34H38O.C7H14O2/c1-5-11-31-29(21-20-27-14-7-12-25(3)22-27)16-9-17-33(31)32-18-10-19-34(30(32)6-2)35-24-28-15-8-13-26(4)23-28;1-3-5-6(4-2)7(8)9/h7-10,12-19,22-23H,5-6,11,20-21,24H2,1-4H3;6H,3-5H2,1-2H3,(H,8,9). The molecule has 1 atom stereocenters. The van der Waals surface area contributed by atoms with Gasteiger partial charge >= 0.3 is 5.97 Å². The molecule has 3 heteroatoms. The number of ether oxygens (including phenoxy) is 1. The molecule has 0 aliphatic carbocycles. The Kier molecular flexibility index (Phi) is 14.2. The van der Waals surface area contributed by atoms with Gasteiger partial charge in [-0.25, -0.2) is 0 Å². The summed E-state index contributed by atoms with van der Waals surface area (Å²) in [6.45, 7) is 13.3. The number of carboxylic acids is 1. The zero-order valence-corrected chi connectivity index (χ0v) is 27.8. The van der Waals surface area contributed by atoms with Gasteiger partial charge in [0.2, 0.25) is 0 Å². The number of hydrogen-bond donors (Lipinski definition) is 1. The minimum atomic E-state index is -0.653. The Morgan fingerprint density at radius 3 is 1.89 bits per heavy atom. The first kappa shape index (κ1) is 34.6. The maximum absolute atomic E-state index is 10.3. The Bertz CT molecular complexity index is 1470. The molecule has 0 fully saturated rings. The van der Waals surface area contributed by atoms with E-state index in [1.165, 1.54) is 50.1 Å². The predicted molar refractivity (Wildman–Crippen MR) is 186 cm³/mol. The van der Waals surface area contributed by atoms with Crippen LogP contribution in [0.15, 0.2) is 84.9 Å². The lowest BCUT2D eigenvalue weighted by Gasteiger charge is -2.19. The van der Waals surface area contributed by atoms with Gasteiger partial charge in [-0.15, -0.1) is 0 Å². The first-order valence-corrected chi connectivity index (χ1v) is 16.5. The van der Waals surface area contributed by atoms with Crippen molar-refractivity contribution in [3.05, 3.63) is 124 Å². The van der Waals surface area contributed by atoms with Crippen molar-refractivity contribution in [2.24, 2.45) is 5.92 Å². The molecule has 1 N–H and O–H groups in total. The molecule has 0 heterocycles. The van der Waals surface area contributed by atoms with Gasteiger partial charge in [-0.2, -0.15) is 0 Å². The Morgan fingerprint density at radius 1 is 0.705 bits per heavy atom. The number of carboxylic acid groups (broad SMARTS) is 1. The molecule has 0 bridgehead atoms. The number of hydrogen-bond acceptors (Lipinski definition) is 2. The Morgan fingerprint density at radius 2 is 1.32 bits per heavy atom. The first-order valence-electron chi connectivity index (χ1n) is 16.5. The summed E-state index contributed by atoms with van der Waals surface area (Å²) in [6.07, 6.45) is 7.84. The van der Waals surface area contributed by atoms with E-state index in [1.54, 1.807) is 0 Å². The predicted octanol–water partition coefficient (Wildman–Crippen LogP) is 10.7. The molecule has 234 valence electrons. The van der Waals surface area contributed by atoms with Gasteiger partial charge in [0.25, 0.3) is 0 Å². The topological polar surface area (TPSA) is 46.5 Å². The van der Waals surface area contributed by atoms with Crippen LogP contribution >= 0.6 is 0 Å². The van der Waals surface area contributed by atoms with Crippen molar-refractivity contribution in [1.29, 1.82) is 0 Å². The second-order valence-electron chi connectivity index (χ2n) is 11.8. The highest BCUT2D eigenvalue weighted by atomic mass is 16.5. The molecule has 0 radical (unpaired) electrons. The van der Waals surface area contributed by atoms with E-state index in [9.17, 15) is 4.79 Å². The van der Waals surface area contributed by atoms with Crippen LogP contribution < -0.4 is 4.74 Å². The highest BCUT2D eigenvalue weighted by Gasteiger charge is 2.16. The van der Waals surface area contributed by atoms with Crippen LogP contribution in [0, 0.1) is 19.8 Å². The highest BCUT2D eigenvalue weighted by Crippen LogP contribution is 2.36. The van der Waals surface area contributed by atoms with E-state index in [1.807, 2.05) is 13.8 Å². The lowest BCUT2D eigenvalue weighted by molar-refractivity contribution is -0.142. The average Bonchev–Trinajstić information content (AvgIpc) is 3.02. The number of rotatable bonds is 14. The zero-order valence-electron chi connectivity index (χ0n) is 27.8. The Hall–Kier alpha value is -3.85. The molecule has 0 saturated heterocycles. The van der Waals surface area contributed by atoms with Gasteiger partial charge in [-0.3, -0.25) is 4.79 Å². The van der Waals surface area contributed by atoms with Crippen LogP contribution in [0.25, 0.3) is 11.1 Å². The Labute approximate surface area is 266 Å². The molecule has 0 saturated carbocycles. The molecule has 4 rings (SSSR count). The minimum Gasteiger partial charge on any atom is -0.489 e. The SMILES string of the molecule is CCCC(CC)C(=O)O.CCCc1c(CCc2cccc(C)c2)cccc1-c1cccc(OCc2cccc(C)c2)c1CC. The molecule has 0 spiro atoms. The van der Waals surface area contributed by atoms with Crippen LogP contribution in [0.5, 0.6) is 5.75 Å². The summed E-state index contributed by atoms with van der Waals surface area (Å²) >= 11 is 0. The lowest BCUT2D eigenvalue weighted by Crippen LogP contribution is -2.11. The molecule has 0 amide bonds. The van der Waals surface area contributed by atoms with Gasteiger partial charge in [-0.1, -0.05) is 131 Å². The van der Waals surface area contributed by atoms with Gasteiger partial charge in [0.1, 0.15) is 12.4 Å². The van der Waals surface area contributed by atoms with Crippen LogP contribution in [0.2, 0.25) is 0 Å².